The third kappa shape index (κ3) is 5.04. The smallest absolute Gasteiger partial charge is 0.325 e. The minimum atomic E-state index is -0.697. The third-order valence-corrected chi connectivity index (χ3v) is 4.82. The van der Waals surface area contributed by atoms with Crippen LogP contribution in [0.4, 0.5) is 4.79 Å². The molecule has 2 fully saturated rings. The molecule has 0 bridgehead atoms. The summed E-state index contributed by atoms with van der Waals surface area (Å²) in [5, 5.41) is 6.07. The van der Waals surface area contributed by atoms with E-state index >= 15 is 0 Å². The Hall–Kier alpha value is -1.94. The monoisotopic (exact) mass is 385 g/mol. The van der Waals surface area contributed by atoms with Gasteiger partial charge in [-0.05, 0) is 38.4 Å². The average Bonchev–Trinajstić information content (AvgIpc) is 3.14. The van der Waals surface area contributed by atoms with E-state index in [0.717, 1.165) is 12.8 Å². The first-order chi connectivity index (χ1) is 12.4. The Morgan fingerprint density at radius 1 is 1.35 bits per heavy atom. The van der Waals surface area contributed by atoms with E-state index in [1.807, 2.05) is 6.92 Å². The molecular weight excluding hydrogens is 358 g/mol. The van der Waals surface area contributed by atoms with Crippen LogP contribution in [0.3, 0.4) is 0 Å². The van der Waals surface area contributed by atoms with Crippen molar-refractivity contribution in [3.63, 3.8) is 0 Å². The van der Waals surface area contributed by atoms with E-state index in [2.05, 4.69) is 21.5 Å². The predicted octanol–water partition coefficient (Wildman–Crippen LogP) is 0.161. The number of nitrogens with zero attached hydrogens (tertiary/aromatic N) is 1. The highest BCUT2D eigenvalue weighted by Crippen LogP contribution is 2.35. The van der Waals surface area contributed by atoms with Crippen molar-refractivity contribution in [1.82, 2.24) is 26.4 Å². The number of urea groups is 1. The molecule has 0 aromatic rings. The first kappa shape index (κ1) is 20.4. The quantitative estimate of drug-likeness (QED) is 0.281. The molecule has 1 saturated heterocycles. The van der Waals surface area contributed by atoms with Gasteiger partial charge in [-0.25, -0.2) is 4.79 Å². The van der Waals surface area contributed by atoms with E-state index in [1.54, 1.807) is 7.11 Å². The summed E-state index contributed by atoms with van der Waals surface area (Å²) >= 11 is 5.05. The third-order valence-electron chi connectivity index (χ3n) is 4.60. The minimum Gasteiger partial charge on any atom is -0.383 e. The van der Waals surface area contributed by atoms with Crippen molar-refractivity contribution in [3.8, 4) is 0 Å². The zero-order valence-electron chi connectivity index (χ0n) is 15.2. The summed E-state index contributed by atoms with van der Waals surface area (Å²) in [5.41, 5.74) is 4.40. The number of nitrogens with one attached hydrogen (secondary N) is 4. The molecule has 10 heteroatoms. The molecule has 2 aliphatic rings. The van der Waals surface area contributed by atoms with Crippen LogP contribution in [0, 0.1) is 0 Å². The fourth-order valence-electron chi connectivity index (χ4n) is 3.33. The molecule has 2 rings (SSSR count). The average molecular weight is 385 g/mol. The van der Waals surface area contributed by atoms with Crippen LogP contribution >= 0.6 is 12.2 Å². The molecule has 1 saturated carbocycles. The highest BCUT2D eigenvalue weighted by molar-refractivity contribution is 7.80. The summed E-state index contributed by atoms with van der Waals surface area (Å²) in [5.74, 6) is -0.424. The van der Waals surface area contributed by atoms with Gasteiger partial charge in [0.15, 0.2) is 5.11 Å². The van der Waals surface area contributed by atoms with Crippen LogP contribution in [0.5, 0.6) is 0 Å². The summed E-state index contributed by atoms with van der Waals surface area (Å²) in [6, 6.07) is -0.340. The van der Waals surface area contributed by atoms with E-state index in [9.17, 15) is 14.4 Å². The van der Waals surface area contributed by atoms with Crippen molar-refractivity contribution in [2.45, 2.75) is 57.0 Å². The van der Waals surface area contributed by atoms with Crippen LogP contribution in [-0.2, 0) is 14.3 Å². The standard InChI is InChI=1S/C16H27N5O4S/c1-11(10-25-2)17-14(26)20-19-12(22)6-5-9-21-13(23)16(18-15(21)24)7-3-4-8-16/h11H,3-10H2,1-2H3,(H,18,24)(H,19,22)(H2,17,20,26)/t11-/m0/s1. The Morgan fingerprint density at radius 3 is 2.69 bits per heavy atom. The van der Waals surface area contributed by atoms with Gasteiger partial charge in [0.2, 0.25) is 5.91 Å². The Balaban J connectivity index is 1.66. The molecular formula is C16H27N5O4S. The van der Waals surface area contributed by atoms with Gasteiger partial charge in [-0.2, -0.15) is 0 Å². The first-order valence-corrected chi connectivity index (χ1v) is 9.27. The fourth-order valence-corrected chi connectivity index (χ4v) is 3.59. The zero-order valence-corrected chi connectivity index (χ0v) is 16.0. The predicted molar refractivity (Wildman–Crippen MR) is 99.0 cm³/mol. The number of carbonyl (C=O) groups is 3. The van der Waals surface area contributed by atoms with E-state index in [0.29, 0.717) is 31.0 Å². The lowest BCUT2D eigenvalue weighted by Crippen LogP contribution is -2.50. The van der Waals surface area contributed by atoms with Gasteiger partial charge in [0.1, 0.15) is 5.54 Å². The van der Waals surface area contributed by atoms with Gasteiger partial charge in [0.05, 0.1) is 6.61 Å². The molecule has 1 aliphatic carbocycles. The Kier molecular flexibility index (Phi) is 7.15. The number of ether oxygens (including phenoxy) is 1. The van der Waals surface area contributed by atoms with Crippen LogP contribution in [0.1, 0.15) is 45.4 Å². The molecule has 0 aromatic carbocycles. The number of hydrazine groups is 1. The number of imide groups is 1. The van der Waals surface area contributed by atoms with Crippen LogP contribution in [0.2, 0.25) is 0 Å². The molecule has 9 nitrogen and oxygen atoms in total. The summed E-state index contributed by atoms with van der Waals surface area (Å²) in [7, 11) is 1.59. The largest absolute Gasteiger partial charge is 0.383 e. The second kappa shape index (κ2) is 9.13. The lowest BCUT2D eigenvalue weighted by Gasteiger charge is -2.20. The Bertz CT molecular complexity index is 565. The lowest BCUT2D eigenvalue weighted by atomic mass is 9.98. The van der Waals surface area contributed by atoms with Gasteiger partial charge in [0, 0.05) is 26.1 Å². The first-order valence-electron chi connectivity index (χ1n) is 8.86. The van der Waals surface area contributed by atoms with E-state index < -0.39 is 5.54 Å². The molecule has 26 heavy (non-hydrogen) atoms. The van der Waals surface area contributed by atoms with Crippen molar-refractivity contribution in [2.24, 2.45) is 0 Å². The second-order valence-corrected chi connectivity index (χ2v) is 7.19. The molecule has 1 heterocycles. The van der Waals surface area contributed by atoms with E-state index in [-0.39, 0.29) is 36.9 Å². The van der Waals surface area contributed by atoms with Crippen LogP contribution in [-0.4, -0.2) is 59.7 Å². The van der Waals surface area contributed by atoms with Crippen molar-refractivity contribution < 1.29 is 19.1 Å². The molecule has 0 unspecified atom stereocenters. The number of amides is 4. The summed E-state index contributed by atoms with van der Waals surface area (Å²) in [4.78, 5) is 37.6. The van der Waals surface area contributed by atoms with E-state index in [4.69, 9.17) is 17.0 Å². The highest BCUT2D eigenvalue weighted by atomic mass is 32.1. The van der Waals surface area contributed by atoms with Gasteiger partial charge < -0.3 is 15.4 Å². The van der Waals surface area contributed by atoms with Crippen molar-refractivity contribution in [1.29, 1.82) is 0 Å². The lowest BCUT2D eigenvalue weighted by molar-refractivity contribution is -0.131. The molecule has 1 spiro atoms. The van der Waals surface area contributed by atoms with Crippen LogP contribution < -0.4 is 21.5 Å². The maximum atomic E-state index is 12.5. The van der Waals surface area contributed by atoms with Gasteiger partial charge in [-0.1, -0.05) is 12.8 Å². The number of rotatable bonds is 7. The van der Waals surface area contributed by atoms with Crippen molar-refractivity contribution >= 4 is 35.2 Å². The number of thiocarbonyl (C=S) groups is 1. The Labute approximate surface area is 158 Å². The minimum absolute atomic E-state index is 0.0134. The maximum absolute atomic E-state index is 12.5. The summed E-state index contributed by atoms with van der Waals surface area (Å²) in [6.45, 7) is 2.62. The topological polar surface area (TPSA) is 112 Å². The highest BCUT2D eigenvalue weighted by Gasteiger charge is 2.51. The fraction of sp³-hybridized carbons (Fsp3) is 0.750. The molecule has 4 N–H and O–H groups in total. The Morgan fingerprint density at radius 2 is 2.04 bits per heavy atom. The number of carbonyl (C=O) groups excluding carboxylic acids is 3. The number of hydrogen-bond donors (Lipinski definition) is 4. The summed E-state index contributed by atoms with van der Waals surface area (Å²) < 4.78 is 4.98. The van der Waals surface area contributed by atoms with Gasteiger partial charge in [-0.15, -0.1) is 0 Å². The zero-order chi connectivity index (χ0) is 19.2. The number of hydrogen-bond acceptors (Lipinski definition) is 5. The van der Waals surface area contributed by atoms with Crippen LogP contribution in [0.15, 0.2) is 0 Å². The van der Waals surface area contributed by atoms with Gasteiger partial charge in [-0.3, -0.25) is 25.3 Å². The maximum Gasteiger partial charge on any atom is 0.325 e. The molecule has 0 aromatic heterocycles. The molecule has 146 valence electrons. The van der Waals surface area contributed by atoms with E-state index in [1.165, 1.54) is 4.90 Å². The normalized spacial score (nSPS) is 19.4. The number of methoxy groups -OCH3 is 1. The van der Waals surface area contributed by atoms with Gasteiger partial charge in [0.25, 0.3) is 5.91 Å². The second-order valence-electron chi connectivity index (χ2n) is 6.78. The molecule has 4 amide bonds. The molecule has 1 aliphatic heterocycles. The van der Waals surface area contributed by atoms with Crippen molar-refractivity contribution in [3.05, 3.63) is 0 Å². The van der Waals surface area contributed by atoms with Crippen LogP contribution in [0.25, 0.3) is 0 Å². The van der Waals surface area contributed by atoms with Crippen molar-refractivity contribution in [2.75, 3.05) is 20.3 Å². The summed E-state index contributed by atoms with van der Waals surface area (Å²) in [6.07, 6.45) is 3.86. The molecule has 0 radical (unpaired) electrons. The SMILES string of the molecule is COC[C@H](C)NC(=S)NNC(=O)CCCN1C(=O)NC2(CCCC2)C1=O. The van der Waals surface area contributed by atoms with Gasteiger partial charge >= 0.3 is 6.03 Å². The molecule has 1 atom stereocenters.